The lowest BCUT2D eigenvalue weighted by Crippen LogP contribution is -1.93. The fraction of sp³-hybridized carbons (Fsp3) is 0. The number of aromatic hydroxyl groups is 2. The number of benzene rings is 2. The van der Waals surface area contributed by atoms with Crippen LogP contribution in [0.25, 0.3) is 5.57 Å². The first-order valence-electron chi connectivity index (χ1n) is 6.74. The average Bonchev–Trinajstić information content (AvgIpc) is 3.00. The third-order valence-electron chi connectivity index (χ3n) is 3.36. The van der Waals surface area contributed by atoms with Gasteiger partial charge in [-0.05, 0) is 66.6 Å². The third kappa shape index (κ3) is 3.27. The van der Waals surface area contributed by atoms with E-state index < -0.39 is 0 Å². The molecule has 1 aliphatic carbocycles. The third-order valence-corrected chi connectivity index (χ3v) is 3.36. The van der Waals surface area contributed by atoms with Crippen LogP contribution in [0.1, 0.15) is 11.1 Å². The van der Waals surface area contributed by atoms with Crippen molar-refractivity contribution >= 4 is 5.57 Å². The van der Waals surface area contributed by atoms with Crippen LogP contribution in [0.3, 0.4) is 0 Å². The van der Waals surface area contributed by atoms with Crippen molar-refractivity contribution in [2.24, 2.45) is 0 Å². The number of phenolic OH excluding ortho intramolecular Hbond substituents is 2. The highest BCUT2D eigenvalue weighted by atomic mass is 16.3. The van der Waals surface area contributed by atoms with Gasteiger partial charge in [-0.2, -0.15) is 0 Å². The van der Waals surface area contributed by atoms with Crippen LogP contribution >= 0.6 is 0 Å². The van der Waals surface area contributed by atoms with E-state index in [2.05, 4.69) is 6.08 Å². The molecule has 1 fully saturated rings. The number of hydrogen-bond donors (Lipinski definition) is 2. The van der Waals surface area contributed by atoms with E-state index in [1.54, 1.807) is 24.3 Å². The normalized spacial score (nSPS) is 15.0. The van der Waals surface area contributed by atoms with E-state index in [0.29, 0.717) is 0 Å². The zero-order valence-corrected chi connectivity index (χ0v) is 11.4. The van der Waals surface area contributed by atoms with Gasteiger partial charge in [0.1, 0.15) is 11.5 Å². The Morgan fingerprint density at radius 2 is 1.10 bits per heavy atom. The quantitative estimate of drug-likeness (QED) is 0.891. The molecule has 0 atom stereocenters. The van der Waals surface area contributed by atoms with Gasteiger partial charge in [-0.25, -0.2) is 0 Å². The number of hydrogen-bond acceptors (Lipinski definition) is 2. The minimum Gasteiger partial charge on any atom is -0.508 e. The first-order valence-corrected chi connectivity index (χ1v) is 6.74. The van der Waals surface area contributed by atoms with Crippen molar-refractivity contribution in [1.29, 1.82) is 0 Å². The Kier molecular flexibility index (Phi) is 3.96. The van der Waals surface area contributed by atoms with Gasteiger partial charge in [-0.15, -0.1) is 0 Å². The molecule has 0 saturated heterocycles. The molecule has 1 aliphatic rings. The number of phenols is 2. The van der Waals surface area contributed by atoms with E-state index in [-0.39, 0.29) is 11.5 Å². The van der Waals surface area contributed by atoms with Crippen molar-refractivity contribution in [3.05, 3.63) is 97.3 Å². The Morgan fingerprint density at radius 3 is 1.52 bits per heavy atom. The minimum atomic E-state index is 0.247. The molecule has 0 amide bonds. The lowest BCUT2D eigenvalue weighted by Gasteiger charge is -2.12. The lowest BCUT2D eigenvalue weighted by atomic mass is 9.93. The first-order chi connectivity index (χ1) is 10.2. The Balaban J connectivity index is 2.01. The summed E-state index contributed by atoms with van der Waals surface area (Å²) in [5, 5.41) is 18.9. The SMILES string of the molecule is Oc1ccc(C(=C[C]2[CH][CH][CH][CH]2)c2ccc(O)cc2)cc1. The topological polar surface area (TPSA) is 40.5 Å². The summed E-state index contributed by atoms with van der Waals surface area (Å²) in [6.45, 7) is 0. The largest absolute Gasteiger partial charge is 0.508 e. The monoisotopic (exact) mass is 275 g/mol. The Labute approximate surface area is 125 Å². The average molecular weight is 275 g/mol. The maximum atomic E-state index is 9.45. The van der Waals surface area contributed by atoms with E-state index in [1.807, 2.05) is 49.9 Å². The second-order valence-corrected chi connectivity index (χ2v) is 4.87. The van der Waals surface area contributed by atoms with Crippen LogP contribution in [-0.2, 0) is 0 Å². The molecule has 1 saturated carbocycles. The standard InChI is InChI=1S/C19H15O2/c20-17-9-5-15(6-10-17)19(13-14-3-1-2-4-14)16-7-11-18(21)12-8-16/h1-13,20-21H. The van der Waals surface area contributed by atoms with Crippen LogP contribution < -0.4 is 0 Å². The van der Waals surface area contributed by atoms with Gasteiger partial charge in [0.25, 0.3) is 0 Å². The van der Waals surface area contributed by atoms with Crippen LogP contribution in [0.5, 0.6) is 11.5 Å². The molecule has 3 rings (SSSR count). The molecule has 2 aromatic carbocycles. The molecule has 0 aromatic heterocycles. The molecule has 0 unspecified atom stereocenters. The highest BCUT2D eigenvalue weighted by Crippen LogP contribution is 2.32. The van der Waals surface area contributed by atoms with Crippen LogP contribution in [0, 0.1) is 31.6 Å². The van der Waals surface area contributed by atoms with Crippen molar-refractivity contribution in [2.45, 2.75) is 0 Å². The molecule has 0 heterocycles. The van der Waals surface area contributed by atoms with E-state index in [0.717, 1.165) is 22.6 Å². The van der Waals surface area contributed by atoms with E-state index in [4.69, 9.17) is 0 Å². The fourth-order valence-corrected chi connectivity index (χ4v) is 2.27. The lowest BCUT2D eigenvalue weighted by molar-refractivity contribution is 0.475. The zero-order chi connectivity index (χ0) is 14.7. The summed E-state index contributed by atoms with van der Waals surface area (Å²) in [4.78, 5) is 0. The summed E-state index contributed by atoms with van der Waals surface area (Å²) in [6.07, 6.45) is 10.2. The summed E-state index contributed by atoms with van der Waals surface area (Å²) in [5.41, 5.74) is 3.07. The molecule has 0 aliphatic heterocycles. The highest BCUT2D eigenvalue weighted by Gasteiger charge is 2.16. The van der Waals surface area contributed by atoms with Gasteiger partial charge in [0, 0.05) is 5.92 Å². The summed E-state index contributed by atoms with van der Waals surface area (Å²) in [7, 11) is 0. The molecular weight excluding hydrogens is 260 g/mol. The summed E-state index contributed by atoms with van der Waals surface area (Å²) in [5.74, 6) is 1.61. The van der Waals surface area contributed by atoms with Crippen LogP contribution in [0.4, 0.5) is 0 Å². The molecule has 2 aromatic rings. The van der Waals surface area contributed by atoms with Crippen molar-refractivity contribution in [3.63, 3.8) is 0 Å². The highest BCUT2D eigenvalue weighted by molar-refractivity contribution is 5.82. The van der Waals surface area contributed by atoms with Gasteiger partial charge in [0.15, 0.2) is 0 Å². The van der Waals surface area contributed by atoms with E-state index >= 15 is 0 Å². The molecule has 0 spiro atoms. The molecule has 21 heavy (non-hydrogen) atoms. The number of rotatable bonds is 3. The van der Waals surface area contributed by atoms with Crippen molar-refractivity contribution < 1.29 is 10.2 Å². The predicted octanol–water partition coefficient (Wildman–Crippen LogP) is 3.93. The molecule has 2 nitrogen and oxygen atoms in total. The molecule has 103 valence electrons. The maximum Gasteiger partial charge on any atom is 0.115 e. The molecular formula is C19H15O2. The van der Waals surface area contributed by atoms with Crippen molar-refractivity contribution in [2.75, 3.05) is 0 Å². The second-order valence-electron chi connectivity index (χ2n) is 4.87. The van der Waals surface area contributed by atoms with Crippen molar-refractivity contribution in [3.8, 4) is 11.5 Å². The Morgan fingerprint density at radius 1 is 0.667 bits per heavy atom. The summed E-state index contributed by atoms with van der Waals surface area (Å²) in [6, 6.07) is 14.2. The van der Waals surface area contributed by atoms with Crippen LogP contribution in [0.15, 0.2) is 54.6 Å². The summed E-state index contributed by atoms with van der Waals surface area (Å²) < 4.78 is 0. The Bertz CT molecular complexity index is 570. The van der Waals surface area contributed by atoms with Gasteiger partial charge < -0.3 is 10.2 Å². The van der Waals surface area contributed by atoms with Crippen molar-refractivity contribution in [1.82, 2.24) is 0 Å². The van der Waals surface area contributed by atoms with E-state index in [9.17, 15) is 10.2 Å². The molecule has 2 heteroatoms. The predicted molar refractivity (Wildman–Crippen MR) is 83.7 cm³/mol. The van der Waals surface area contributed by atoms with Gasteiger partial charge in [0.05, 0.1) is 0 Å². The number of allylic oxidation sites excluding steroid dienone is 1. The van der Waals surface area contributed by atoms with Gasteiger partial charge in [-0.1, -0.05) is 30.3 Å². The Hall–Kier alpha value is -2.22. The zero-order valence-electron chi connectivity index (χ0n) is 11.4. The van der Waals surface area contributed by atoms with Gasteiger partial charge in [-0.3, -0.25) is 0 Å². The minimum absolute atomic E-state index is 0.247. The molecule has 5 radical (unpaired) electrons. The second kappa shape index (κ2) is 6.04. The van der Waals surface area contributed by atoms with Gasteiger partial charge >= 0.3 is 0 Å². The molecule has 0 bridgehead atoms. The van der Waals surface area contributed by atoms with E-state index in [1.165, 1.54) is 0 Å². The fourth-order valence-electron chi connectivity index (χ4n) is 2.27. The summed E-state index contributed by atoms with van der Waals surface area (Å²) >= 11 is 0. The van der Waals surface area contributed by atoms with Crippen LogP contribution in [0.2, 0.25) is 0 Å². The first kappa shape index (κ1) is 13.7. The molecule has 2 N–H and O–H groups in total. The van der Waals surface area contributed by atoms with Gasteiger partial charge in [0.2, 0.25) is 0 Å². The smallest absolute Gasteiger partial charge is 0.115 e. The van der Waals surface area contributed by atoms with Crippen LogP contribution in [-0.4, -0.2) is 10.2 Å². The maximum absolute atomic E-state index is 9.45.